The highest BCUT2D eigenvalue weighted by Crippen LogP contribution is 2.10. The normalized spacial score (nSPS) is 14.3. The van der Waals surface area contributed by atoms with Crippen molar-refractivity contribution in [2.75, 3.05) is 6.61 Å². The summed E-state index contributed by atoms with van der Waals surface area (Å²) in [7, 11) is 0. The molecule has 1 amide bonds. The molecule has 4 nitrogen and oxygen atoms in total. The van der Waals surface area contributed by atoms with Crippen LogP contribution in [0.15, 0.2) is 24.5 Å². The van der Waals surface area contributed by atoms with Gasteiger partial charge in [-0.05, 0) is 37.5 Å². The Morgan fingerprint density at radius 2 is 1.89 bits per heavy atom. The first-order chi connectivity index (χ1) is 8.50. The molecule has 0 aromatic carbocycles. The highest BCUT2D eigenvalue weighted by molar-refractivity contribution is 5.80. The van der Waals surface area contributed by atoms with Crippen LogP contribution in [-0.4, -0.2) is 23.6 Å². The van der Waals surface area contributed by atoms with E-state index in [4.69, 9.17) is 4.74 Å². The minimum Gasteiger partial charge on any atom is -0.368 e. The van der Waals surface area contributed by atoms with Gasteiger partial charge in [0.25, 0.3) is 0 Å². The molecule has 1 aromatic rings. The third-order valence-corrected chi connectivity index (χ3v) is 2.61. The monoisotopic (exact) mass is 250 g/mol. The second-order valence-electron chi connectivity index (χ2n) is 4.88. The second-order valence-corrected chi connectivity index (χ2v) is 4.88. The lowest BCUT2D eigenvalue weighted by molar-refractivity contribution is -0.133. The highest BCUT2D eigenvalue weighted by atomic mass is 16.5. The minimum absolute atomic E-state index is 0.0365. The molecule has 0 saturated carbocycles. The van der Waals surface area contributed by atoms with E-state index in [1.54, 1.807) is 19.3 Å². The largest absolute Gasteiger partial charge is 0.368 e. The zero-order chi connectivity index (χ0) is 13.5. The van der Waals surface area contributed by atoms with Crippen LogP contribution in [0.25, 0.3) is 0 Å². The molecular formula is C14H22N2O2. The van der Waals surface area contributed by atoms with E-state index in [2.05, 4.69) is 24.1 Å². The summed E-state index contributed by atoms with van der Waals surface area (Å²) in [6.07, 6.45) is 3.02. The summed E-state index contributed by atoms with van der Waals surface area (Å²) in [5, 5.41) is 2.93. The molecule has 0 aliphatic carbocycles. The molecule has 100 valence electrons. The first kappa shape index (κ1) is 14.6. The van der Waals surface area contributed by atoms with Crippen LogP contribution < -0.4 is 5.32 Å². The van der Waals surface area contributed by atoms with Crippen molar-refractivity contribution in [3.63, 3.8) is 0 Å². The van der Waals surface area contributed by atoms with Gasteiger partial charge in [-0.3, -0.25) is 9.78 Å². The smallest absolute Gasteiger partial charge is 0.249 e. The van der Waals surface area contributed by atoms with E-state index in [-0.39, 0.29) is 11.9 Å². The van der Waals surface area contributed by atoms with Crippen LogP contribution in [-0.2, 0) is 9.53 Å². The molecule has 4 heteroatoms. The number of hydrogen-bond donors (Lipinski definition) is 1. The highest BCUT2D eigenvalue weighted by Gasteiger charge is 2.16. The number of rotatable bonds is 6. The van der Waals surface area contributed by atoms with Crippen LogP contribution in [0.1, 0.15) is 39.3 Å². The fraction of sp³-hybridized carbons (Fsp3) is 0.571. The maximum Gasteiger partial charge on any atom is 0.249 e. The van der Waals surface area contributed by atoms with Crippen molar-refractivity contribution in [1.82, 2.24) is 10.3 Å². The maximum atomic E-state index is 11.9. The number of nitrogens with one attached hydrogen (secondary N) is 1. The predicted octanol–water partition coefficient (Wildman–Crippen LogP) is 2.32. The summed E-state index contributed by atoms with van der Waals surface area (Å²) in [6.45, 7) is 8.44. The molecule has 0 spiro atoms. The number of amides is 1. The van der Waals surface area contributed by atoms with Gasteiger partial charge in [0, 0.05) is 19.0 Å². The van der Waals surface area contributed by atoms with Gasteiger partial charge >= 0.3 is 0 Å². The fourth-order valence-corrected chi connectivity index (χ4v) is 1.48. The first-order valence-electron chi connectivity index (χ1n) is 6.32. The summed E-state index contributed by atoms with van der Waals surface area (Å²) in [5.41, 5.74) is 1.04. The molecule has 0 fully saturated rings. The van der Waals surface area contributed by atoms with E-state index < -0.39 is 6.10 Å². The molecule has 2 atom stereocenters. The van der Waals surface area contributed by atoms with Gasteiger partial charge in [-0.25, -0.2) is 0 Å². The van der Waals surface area contributed by atoms with Crippen LogP contribution in [0.4, 0.5) is 0 Å². The summed E-state index contributed by atoms with van der Waals surface area (Å²) >= 11 is 0. The lowest BCUT2D eigenvalue weighted by atomic mass is 10.1. The average Bonchev–Trinajstić information content (AvgIpc) is 2.36. The molecule has 1 heterocycles. The number of hydrogen-bond acceptors (Lipinski definition) is 3. The zero-order valence-corrected chi connectivity index (χ0v) is 11.5. The minimum atomic E-state index is -0.420. The number of carbonyl (C=O) groups excluding carboxylic acids is 1. The number of nitrogens with zero attached hydrogens (tertiary/aromatic N) is 1. The molecule has 1 rings (SSSR count). The van der Waals surface area contributed by atoms with Gasteiger partial charge < -0.3 is 10.1 Å². The van der Waals surface area contributed by atoms with Crippen molar-refractivity contribution in [1.29, 1.82) is 0 Å². The van der Waals surface area contributed by atoms with E-state index in [1.807, 2.05) is 19.1 Å². The second kappa shape index (κ2) is 7.11. The van der Waals surface area contributed by atoms with Crippen LogP contribution >= 0.6 is 0 Å². The third-order valence-electron chi connectivity index (χ3n) is 2.61. The number of carbonyl (C=O) groups is 1. The summed E-state index contributed by atoms with van der Waals surface area (Å²) < 4.78 is 5.48. The van der Waals surface area contributed by atoms with Crippen LogP contribution in [0, 0.1) is 5.92 Å². The molecule has 1 N–H and O–H groups in total. The topological polar surface area (TPSA) is 51.2 Å². The quantitative estimate of drug-likeness (QED) is 0.843. The lowest BCUT2D eigenvalue weighted by Crippen LogP contribution is -2.36. The van der Waals surface area contributed by atoms with E-state index in [0.29, 0.717) is 12.5 Å². The van der Waals surface area contributed by atoms with Crippen LogP contribution in [0.3, 0.4) is 0 Å². The predicted molar refractivity (Wildman–Crippen MR) is 71.0 cm³/mol. The molecule has 1 aromatic heterocycles. The molecule has 0 aliphatic rings. The molecule has 0 bridgehead atoms. The van der Waals surface area contributed by atoms with Gasteiger partial charge in [-0.15, -0.1) is 0 Å². The Balaban J connectivity index is 2.44. The van der Waals surface area contributed by atoms with Crippen molar-refractivity contribution >= 4 is 5.91 Å². The third kappa shape index (κ3) is 4.84. The fourth-order valence-electron chi connectivity index (χ4n) is 1.48. The van der Waals surface area contributed by atoms with Gasteiger partial charge in [0.15, 0.2) is 0 Å². The van der Waals surface area contributed by atoms with Gasteiger partial charge in [0.05, 0.1) is 6.04 Å². The summed E-state index contributed by atoms with van der Waals surface area (Å²) in [6, 6.07) is 3.75. The van der Waals surface area contributed by atoms with Crippen LogP contribution in [0.5, 0.6) is 0 Å². The Kier molecular flexibility index (Phi) is 5.78. The zero-order valence-electron chi connectivity index (χ0n) is 11.5. The Morgan fingerprint density at radius 3 is 2.44 bits per heavy atom. The SMILES string of the molecule is CC(C)COC(C)C(=O)NC(C)c1ccncc1. The van der Waals surface area contributed by atoms with Crippen molar-refractivity contribution in [3.8, 4) is 0 Å². The van der Waals surface area contributed by atoms with E-state index in [9.17, 15) is 4.79 Å². The molecule has 0 saturated heterocycles. The maximum absolute atomic E-state index is 11.9. The molecule has 0 aliphatic heterocycles. The molecular weight excluding hydrogens is 228 g/mol. The van der Waals surface area contributed by atoms with Crippen molar-refractivity contribution in [2.45, 2.75) is 39.8 Å². The molecule has 18 heavy (non-hydrogen) atoms. The van der Waals surface area contributed by atoms with Crippen molar-refractivity contribution in [3.05, 3.63) is 30.1 Å². The Bertz CT molecular complexity index is 365. The summed E-state index contributed by atoms with van der Waals surface area (Å²) in [5.74, 6) is 0.345. The molecule has 2 unspecified atom stereocenters. The first-order valence-corrected chi connectivity index (χ1v) is 6.32. The average molecular weight is 250 g/mol. The van der Waals surface area contributed by atoms with Gasteiger partial charge in [0.2, 0.25) is 5.91 Å². The number of aromatic nitrogens is 1. The Morgan fingerprint density at radius 1 is 1.28 bits per heavy atom. The lowest BCUT2D eigenvalue weighted by Gasteiger charge is -2.19. The van der Waals surface area contributed by atoms with Gasteiger partial charge in [-0.1, -0.05) is 13.8 Å². The van der Waals surface area contributed by atoms with Crippen molar-refractivity contribution < 1.29 is 9.53 Å². The van der Waals surface area contributed by atoms with Crippen LogP contribution in [0.2, 0.25) is 0 Å². The standard InChI is InChI=1S/C14H22N2O2/c1-10(2)9-18-12(4)14(17)16-11(3)13-5-7-15-8-6-13/h5-8,10-12H,9H2,1-4H3,(H,16,17). The van der Waals surface area contributed by atoms with E-state index in [0.717, 1.165) is 5.56 Å². The summed E-state index contributed by atoms with van der Waals surface area (Å²) in [4.78, 5) is 15.8. The number of ether oxygens (including phenoxy) is 1. The van der Waals surface area contributed by atoms with Gasteiger partial charge in [-0.2, -0.15) is 0 Å². The number of pyridine rings is 1. The van der Waals surface area contributed by atoms with Crippen molar-refractivity contribution in [2.24, 2.45) is 5.92 Å². The van der Waals surface area contributed by atoms with Gasteiger partial charge in [0.1, 0.15) is 6.10 Å². The Labute approximate surface area is 109 Å². The Hall–Kier alpha value is -1.42. The molecule has 0 radical (unpaired) electrons. The van der Waals surface area contributed by atoms with E-state index in [1.165, 1.54) is 0 Å². The van der Waals surface area contributed by atoms with E-state index >= 15 is 0 Å².